The molecule has 0 aromatic carbocycles. The molecule has 0 aliphatic rings. The van der Waals surface area contributed by atoms with Gasteiger partial charge in [-0.15, -0.1) is 0 Å². The lowest BCUT2D eigenvalue weighted by atomic mass is 10.1. The van der Waals surface area contributed by atoms with Gasteiger partial charge in [-0.25, -0.2) is 0 Å². The first-order valence-electron chi connectivity index (χ1n) is 25.5. The molecule has 0 aromatic rings. The Bertz CT molecular complexity index is 954. The number of hydrogen-bond donors (Lipinski definition) is 1. The number of aliphatic hydroxyl groups excluding tert-OH is 1. The first-order valence-corrected chi connectivity index (χ1v) is 25.5. The van der Waals surface area contributed by atoms with Crippen LogP contribution in [0.25, 0.3) is 0 Å². The Morgan fingerprint density at radius 3 is 1.09 bits per heavy atom. The van der Waals surface area contributed by atoms with Gasteiger partial charge in [-0.2, -0.15) is 0 Å². The zero-order chi connectivity index (χ0) is 42.4. The van der Waals surface area contributed by atoms with E-state index in [0.29, 0.717) is 12.8 Å². The first-order chi connectivity index (χ1) is 28.5. The van der Waals surface area contributed by atoms with Gasteiger partial charge in [0.2, 0.25) is 0 Å². The summed E-state index contributed by atoms with van der Waals surface area (Å²) >= 11 is 0. The van der Waals surface area contributed by atoms with Crippen LogP contribution in [-0.2, 0) is 19.1 Å². The van der Waals surface area contributed by atoms with E-state index in [9.17, 15) is 14.7 Å². The van der Waals surface area contributed by atoms with Crippen LogP contribution in [0.2, 0.25) is 0 Å². The topological polar surface area (TPSA) is 72.8 Å². The second-order valence-corrected chi connectivity index (χ2v) is 17.4. The maximum absolute atomic E-state index is 12.7. The van der Waals surface area contributed by atoms with Crippen molar-refractivity contribution in [3.63, 3.8) is 0 Å². The molecule has 0 aliphatic heterocycles. The number of esters is 2. The molecular formula is C53H98O5. The van der Waals surface area contributed by atoms with Gasteiger partial charge < -0.3 is 14.6 Å². The van der Waals surface area contributed by atoms with Crippen molar-refractivity contribution in [3.8, 4) is 0 Å². The standard InChI is InChI=1S/C53H98O5/c1-5-9-13-14-15-18-24-29-37-45-50(43-34-11-7-3)57-53(56)48-40-32-27-22-17-20-25-30-38-46-51(44-35-12-8-4)58-52(55)47-39-31-26-21-16-19-23-28-36-42-49(54)41-33-10-6-2/h28-30,36-38,49-51,54H,5-27,31-35,39-48H2,1-4H3/b36-28+,37-29+,38-30+. The van der Waals surface area contributed by atoms with E-state index in [4.69, 9.17) is 9.47 Å². The Hall–Kier alpha value is -1.88. The first kappa shape index (κ1) is 56.1. The molecular weight excluding hydrogens is 717 g/mol. The van der Waals surface area contributed by atoms with Gasteiger partial charge in [0.25, 0.3) is 0 Å². The van der Waals surface area contributed by atoms with Crippen LogP contribution < -0.4 is 0 Å². The number of unbranched alkanes of at least 4 members (excludes halogenated alkanes) is 24. The second-order valence-electron chi connectivity index (χ2n) is 17.4. The Balaban J connectivity index is 4.09. The van der Waals surface area contributed by atoms with Gasteiger partial charge in [-0.3, -0.25) is 9.59 Å². The predicted octanol–water partition coefficient (Wildman–Crippen LogP) is 16.7. The summed E-state index contributed by atoms with van der Waals surface area (Å²) in [5.41, 5.74) is 0. The summed E-state index contributed by atoms with van der Waals surface area (Å²) < 4.78 is 11.9. The Morgan fingerprint density at radius 1 is 0.379 bits per heavy atom. The molecule has 0 heterocycles. The molecule has 0 saturated carbocycles. The van der Waals surface area contributed by atoms with Crippen molar-refractivity contribution in [3.05, 3.63) is 36.5 Å². The SMILES string of the molecule is CCCCCCCC/C=C/CC(CCCCC)OC(=O)CCCCCCCC/C=C/CC(CCCCC)OC(=O)CCCCCCCC/C=C/CC(O)CCCCC. The van der Waals surface area contributed by atoms with E-state index in [1.165, 1.54) is 128 Å². The lowest BCUT2D eigenvalue weighted by Crippen LogP contribution is -2.17. The quantitative estimate of drug-likeness (QED) is 0.0377. The molecule has 0 amide bonds. The van der Waals surface area contributed by atoms with E-state index in [2.05, 4.69) is 64.2 Å². The maximum atomic E-state index is 12.7. The molecule has 3 atom stereocenters. The lowest BCUT2D eigenvalue weighted by molar-refractivity contribution is -0.150. The van der Waals surface area contributed by atoms with E-state index >= 15 is 0 Å². The number of ether oxygens (including phenoxy) is 2. The zero-order valence-electron chi connectivity index (χ0n) is 39.1. The summed E-state index contributed by atoms with van der Waals surface area (Å²) in [5.74, 6) is -0.0367. The van der Waals surface area contributed by atoms with E-state index in [-0.39, 0.29) is 30.3 Å². The fraction of sp³-hybridized carbons (Fsp3) is 0.849. The average molecular weight is 815 g/mol. The molecule has 0 rings (SSSR count). The highest BCUT2D eigenvalue weighted by Crippen LogP contribution is 2.18. The fourth-order valence-electron chi connectivity index (χ4n) is 7.55. The third-order valence-corrected chi connectivity index (χ3v) is 11.4. The van der Waals surface area contributed by atoms with E-state index in [0.717, 1.165) is 103 Å². The molecule has 0 aliphatic carbocycles. The number of carbonyl (C=O) groups excluding carboxylic acids is 2. The summed E-state index contributed by atoms with van der Waals surface area (Å²) in [6, 6.07) is 0. The van der Waals surface area contributed by atoms with Gasteiger partial charge in [0.15, 0.2) is 0 Å². The summed E-state index contributed by atoms with van der Waals surface area (Å²) in [5, 5.41) is 10.0. The summed E-state index contributed by atoms with van der Waals surface area (Å²) in [4.78, 5) is 25.3. The molecule has 1 N–H and O–H groups in total. The van der Waals surface area contributed by atoms with Crippen molar-refractivity contribution in [2.45, 2.75) is 290 Å². The summed E-state index contributed by atoms with van der Waals surface area (Å²) in [7, 11) is 0. The highest BCUT2D eigenvalue weighted by molar-refractivity contribution is 5.69. The van der Waals surface area contributed by atoms with Crippen LogP contribution in [-0.4, -0.2) is 35.4 Å². The van der Waals surface area contributed by atoms with E-state index in [1.54, 1.807) is 0 Å². The maximum Gasteiger partial charge on any atom is 0.306 e. The summed E-state index contributed by atoms with van der Waals surface area (Å²) in [6.45, 7) is 8.90. The van der Waals surface area contributed by atoms with Crippen molar-refractivity contribution in [2.24, 2.45) is 0 Å². The highest BCUT2D eigenvalue weighted by Gasteiger charge is 2.14. The Kier molecular flexibility index (Phi) is 44.7. The van der Waals surface area contributed by atoms with E-state index in [1.807, 2.05) is 0 Å². The third kappa shape index (κ3) is 42.3. The van der Waals surface area contributed by atoms with Crippen LogP contribution in [0.5, 0.6) is 0 Å². The lowest BCUT2D eigenvalue weighted by Gasteiger charge is -2.16. The van der Waals surface area contributed by atoms with Crippen LogP contribution in [0.3, 0.4) is 0 Å². The van der Waals surface area contributed by atoms with Gasteiger partial charge in [-0.1, -0.05) is 193 Å². The zero-order valence-corrected chi connectivity index (χ0v) is 39.1. The van der Waals surface area contributed by atoms with Crippen LogP contribution in [0.1, 0.15) is 272 Å². The van der Waals surface area contributed by atoms with Crippen molar-refractivity contribution in [2.75, 3.05) is 0 Å². The Morgan fingerprint density at radius 2 is 0.690 bits per heavy atom. The summed E-state index contributed by atoms with van der Waals surface area (Å²) in [6.07, 6.45) is 55.3. The molecule has 58 heavy (non-hydrogen) atoms. The molecule has 0 fully saturated rings. The van der Waals surface area contributed by atoms with Crippen LogP contribution in [0, 0.1) is 0 Å². The van der Waals surface area contributed by atoms with Crippen molar-refractivity contribution < 1.29 is 24.2 Å². The minimum atomic E-state index is -0.178. The van der Waals surface area contributed by atoms with Crippen LogP contribution in [0.15, 0.2) is 36.5 Å². The molecule has 340 valence electrons. The highest BCUT2D eigenvalue weighted by atomic mass is 16.5. The molecule has 0 saturated heterocycles. The smallest absolute Gasteiger partial charge is 0.306 e. The van der Waals surface area contributed by atoms with Crippen LogP contribution >= 0.6 is 0 Å². The molecule has 5 nitrogen and oxygen atoms in total. The van der Waals surface area contributed by atoms with Crippen molar-refractivity contribution >= 4 is 11.9 Å². The number of carbonyl (C=O) groups is 2. The molecule has 3 unspecified atom stereocenters. The van der Waals surface area contributed by atoms with Crippen molar-refractivity contribution in [1.82, 2.24) is 0 Å². The molecule has 0 aromatic heterocycles. The van der Waals surface area contributed by atoms with Gasteiger partial charge in [0, 0.05) is 25.7 Å². The van der Waals surface area contributed by atoms with Gasteiger partial charge in [0.05, 0.1) is 6.10 Å². The van der Waals surface area contributed by atoms with Gasteiger partial charge in [0.1, 0.15) is 12.2 Å². The number of aliphatic hydroxyl groups is 1. The third-order valence-electron chi connectivity index (χ3n) is 11.4. The van der Waals surface area contributed by atoms with E-state index < -0.39 is 0 Å². The van der Waals surface area contributed by atoms with Gasteiger partial charge >= 0.3 is 11.9 Å². The number of rotatable bonds is 45. The Labute approximate surface area is 361 Å². The number of allylic oxidation sites excluding steroid dienone is 3. The minimum Gasteiger partial charge on any atom is -0.462 e. The minimum absolute atomic E-state index is 0.00508. The molecule has 5 heteroatoms. The normalized spacial score (nSPS) is 13.5. The molecule has 0 spiro atoms. The monoisotopic (exact) mass is 815 g/mol. The fourth-order valence-corrected chi connectivity index (χ4v) is 7.55. The van der Waals surface area contributed by atoms with Gasteiger partial charge in [-0.05, 0) is 89.9 Å². The van der Waals surface area contributed by atoms with Crippen molar-refractivity contribution in [1.29, 1.82) is 0 Å². The predicted molar refractivity (Wildman–Crippen MR) is 251 cm³/mol. The second kappa shape index (κ2) is 46.2. The number of hydrogen-bond acceptors (Lipinski definition) is 5. The molecule has 0 bridgehead atoms. The van der Waals surface area contributed by atoms with Crippen LogP contribution in [0.4, 0.5) is 0 Å². The molecule has 0 radical (unpaired) electrons. The largest absolute Gasteiger partial charge is 0.462 e. The average Bonchev–Trinajstić information content (AvgIpc) is 3.21.